The Morgan fingerprint density at radius 3 is 2.12 bits per heavy atom. The van der Waals surface area contributed by atoms with Crippen LogP contribution in [0.25, 0.3) is 11.1 Å². The maximum Gasteiger partial charge on any atom is 0.417 e. The molecule has 12 heteroatoms. The molecule has 0 saturated heterocycles. The summed E-state index contributed by atoms with van der Waals surface area (Å²) in [7, 11) is 1.45. The summed E-state index contributed by atoms with van der Waals surface area (Å²) in [6, 6.07) is 6.86. The van der Waals surface area contributed by atoms with E-state index in [1.165, 1.54) is 37.1 Å². The molecule has 3 aromatic rings. The van der Waals surface area contributed by atoms with E-state index < -0.39 is 29.4 Å². The van der Waals surface area contributed by atoms with E-state index in [0.29, 0.717) is 28.0 Å². The molecule has 2 heterocycles. The number of rotatable bonds is 6. The lowest BCUT2D eigenvalue weighted by atomic mass is 10.0. The predicted octanol–water partition coefficient (Wildman–Crippen LogP) is 6.59. The zero-order valence-corrected chi connectivity index (χ0v) is 18.6. The number of amides is 1. The number of hydrogen-bond acceptors (Lipinski definition) is 5. The number of nitrogens with one attached hydrogen (secondary N) is 2. The monoisotopic (exact) mass is 500 g/mol. The quantitative estimate of drug-likeness (QED) is 0.295. The molecule has 3 rings (SSSR count). The minimum Gasteiger partial charge on any atom is -0.371 e. The van der Waals surface area contributed by atoms with Crippen LogP contribution in [-0.4, -0.2) is 28.7 Å². The first kappa shape index (κ1) is 25.3. The highest BCUT2D eigenvalue weighted by Gasteiger charge is 2.32. The Morgan fingerprint density at radius 1 is 0.912 bits per heavy atom. The molecule has 180 valence electrons. The molecule has 0 spiro atoms. The molecule has 2 N–H and O–H groups in total. The number of carbonyl (C=O) groups excluding carboxylic acids is 1. The molecule has 0 radical (unpaired) electrons. The summed E-state index contributed by atoms with van der Waals surface area (Å²) in [5, 5.41) is 5.03. The zero-order chi connectivity index (χ0) is 25.1. The maximum absolute atomic E-state index is 13.1. The highest BCUT2D eigenvalue weighted by atomic mass is 32.2. The van der Waals surface area contributed by atoms with Gasteiger partial charge in [0.15, 0.2) is 0 Å². The lowest BCUT2D eigenvalue weighted by Gasteiger charge is -2.15. The Morgan fingerprint density at radius 2 is 1.56 bits per heavy atom. The fourth-order valence-corrected chi connectivity index (χ4v) is 3.79. The van der Waals surface area contributed by atoms with Gasteiger partial charge in [0, 0.05) is 29.9 Å². The van der Waals surface area contributed by atoms with Crippen molar-refractivity contribution >= 4 is 29.2 Å². The molecule has 2 aromatic heterocycles. The Balaban J connectivity index is 1.94. The van der Waals surface area contributed by atoms with E-state index in [9.17, 15) is 31.1 Å². The first-order chi connectivity index (χ1) is 15.9. The number of carbonyl (C=O) groups is 1. The Bertz CT molecular complexity index is 1180. The second-order valence-corrected chi connectivity index (χ2v) is 8.21. The van der Waals surface area contributed by atoms with E-state index in [4.69, 9.17) is 0 Å². The molecule has 0 unspecified atom stereocenters. The van der Waals surface area contributed by atoms with E-state index >= 15 is 0 Å². The molecule has 0 aliphatic rings. The van der Waals surface area contributed by atoms with Crippen molar-refractivity contribution in [2.45, 2.75) is 24.2 Å². The second-order valence-electron chi connectivity index (χ2n) is 6.90. The molecule has 0 atom stereocenters. The van der Waals surface area contributed by atoms with Crippen LogP contribution in [0.4, 0.5) is 37.8 Å². The van der Waals surface area contributed by atoms with E-state index in [1.807, 2.05) is 6.92 Å². The predicted molar refractivity (Wildman–Crippen MR) is 118 cm³/mol. The van der Waals surface area contributed by atoms with E-state index in [2.05, 4.69) is 20.6 Å². The van der Waals surface area contributed by atoms with Gasteiger partial charge in [0.2, 0.25) is 0 Å². The summed E-state index contributed by atoms with van der Waals surface area (Å²) in [6.07, 6.45) is -7.15. The number of alkyl halides is 6. The number of nitrogens with zero attached hydrogens (tertiary/aromatic N) is 2. The van der Waals surface area contributed by atoms with Crippen molar-refractivity contribution in [2.75, 3.05) is 23.4 Å². The normalized spacial score (nSPS) is 11.9. The van der Waals surface area contributed by atoms with Crippen LogP contribution in [0, 0.1) is 0 Å². The third-order valence-corrected chi connectivity index (χ3v) is 5.52. The number of hydrogen-bond donors (Lipinski definition) is 2. The van der Waals surface area contributed by atoms with Gasteiger partial charge < -0.3 is 10.6 Å². The van der Waals surface area contributed by atoms with Gasteiger partial charge in [-0.25, -0.2) is 9.97 Å². The van der Waals surface area contributed by atoms with Crippen LogP contribution in [0.3, 0.4) is 0 Å². The summed E-state index contributed by atoms with van der Waals surface area (Å²) < 4.78 is 77.7. The molecule has 0 aliphatic carbocycles. The smallest absolute Gasteiger partial charge is 0.371 e. The Kier molecular flexibility index (Phi) is 7.39. The summed E-state index contributed by atoms with van der Waals surface area (Å²) >= 11 is 1.26. The van der Waals surface area contributed by atoms with Crippen molar-refractivity contribution in [1.29, 1.82) is 0 Å². The molecule has 1 amide bonds. The molecule has 0 bridgehead atoms. The van der Waals surface area contributed by atoms with Gasteiger partial charge >= 0.3 is 12.4 Å². The molecular formula is C22H18F6N4OS. The van der Waals surface area contributed by atoms with Gasteiger partial charge in [0.25, 0.3) is 5.91 Å². The van der Waals surface area contributed by atoms with Crippen LogP contribution in [0.2, 0.25) is 0 Å². The summed E-state index contributed by atoms with van der Waals surface area (Å²) in [4.78, 5) is 21.2. The number of thioether (sulfide) groups is 1. The average Bonchev–Trinajstić information content (AvgIpc) is 2.78. The molecule has 0 saturated carbocycles. The number of benzene rings is 1. The number of aromatic nitrogens is 2. The number of pyridine rings is 2. The van der Waals surface area contributed by atoms with Crippen molar-refractivity contribution < 1.29 is 31.1 Å². The first-order valence-corrected chi connectivity index (χ1v) is 10.8. The summed E-state index contributed by atoms with van der Waals surface area (Å²) in [5.41, 5.74) is -1.10. The van der Waals surface area contributed by atoms with Crippen LogP contribution in [0.15, 0.2) is 53.7 Å². The van der Waals surface area contributed by atoms with E-state index in [0.717, 1.165) is 18.2 Å². The molecule has 0 fully saturated rings. The molecule has 5 nitrogen and oxygen atoms in total. The largest absolute Gasteiger partial charge is 0.417 e. The third kappa shape index (κ3) is 5.79. The van der Waals surface area contributed by atoms with Gasteiger partial charge in [-0.15, -0.1) is 11.8 Å². The van der Waals surface area contributed by atoms with Gasteiger partial charge in [0.05, 0.1) is 16.8 Å². The van der Waals surface area contributed by atoms with Crippen molar-refractivity contribution in [3.05, 3.63) is 65.6 Å². The fourth-order valence-electron chi connectivity index (χ4n) is 2.99. The molecular weight excluding hydrogens is 482 g/mol. The summed E-state index contributed by atoms with van der Waals surface area (Å²) in [5.74, 6) is -0.175. The number of anilines is 2. The lowest BCUT2D eigenvalue weighted by molar-refractivity contribution is -0.138. The van der Waals surface area contributed by atoms with Crippen molar-refractivity contribution in [1.82, 2.24) is 9.97 Å². The average molecular weight is 500 g/mol. The van der Waals surface area contributed by atoms with Crippen LogP contribution in [0.5, 0.6) is 0 Å². The Labute approximate surface area is 195 Å². The first-order valence-electron chi connectivity index (χ1n) is 9.80. The van der Waals surface area contributed by atoms with Crippen molar-refractivity contribution in [2.24, 2.45) is 0 Å². The highest BCUT2D eigenvalue weighted by Crippen LogP contribution is 2.34. The van der Waals surface area contributed by atoms with Crippen LogP contribution in [0.1, 0.15) is 28.5 Å². The van der Waals surface area contributed by atoms with E-state index in [1.54, 1.807) is 6.07 Å². The molecule has 34 heavy (non-hydrogen) atoms. The minimum absolute atomic E-state index is 0.0346. The summed E-state index contributed by atoms with van der Waals surface area (Å²) in [6.45, 7) is 1.83. The third-order valence-electron chi connectivity index (χ3n) is 4.61. The molecule has 1 aromatic carbocycles. The van der Waals surface area contributed by atoms with Gasteiger partial charge in [-0.05, 0) is 35.6 Å². The second kappa shape index (κ2) is 9.92. The zero-order valence-electron chi connectivity index (χ0n) is 17.8. The SMILES string of the molecule is CCSc1cc(-c2ccc(C(F)(F)F)cc2)cnc1C(=O)Nc1cc(C(F)(F)F)cnc1NC. The standard InChI is InChI=1S/C22H18F6N4OS/c1-3-34-17-8-13(12-4-6-14(7-5-12)21(23,24)25)10-30-18(17)20(33)32-16-9-15(22(26,27)28)11-31-19(16)29-2/h4-11H,3H2,1-2H3,(H,29,31)(H,32,33). The topological polar surface area (TPSA) is 66.9 Å². The van der Waals surface area contributed by atoms with Gasteiger partial charge in [-0.1, -0.05) is 19.1 Å². The van der Waals surface area contributed by atoms with Gasteiger partial charge in [-0.2, -0.15) is 26.3 Å². The van der Waals surface area contributed by atoms with Crippen molar-refractivity contribution in [3.8, 4) is 11.1 Å². The van der Waals surface area contributed by atoms with E-state index in [-0.39, 0.29) is 17.2 Å². The molecule has 0 aliphatic heterocycles. The van der Waals surface area contributed by atoms with Crippen LogP contribution >= 0.6 is 11.8 Å². The van der Waals surface area contributed by atoms with Gasteiger partial charge in [0.1, 0.15) is 11.5 Å². The van der Waals surface area contributed by atoms with Gasteiger partial charge in [-0.3, -0.25) is 4.79 Å². The van der Waals surface area contributed by atoms with Crippen LogP contribution in [-0.2, 0) is 12.4 Å². The Hall–Kier alpha value is -3.28. The maximum atomic E-state index is 13.1. The number of halogens is 6. The van der Waals surface area contributed by atoms with Crippen LogP contribution < -0.4 is 10.6 Å². The fraction of sp³-hybridized carbons (Fsp3) is 0.227. The van der Waals surface area contributed by atoms with Crippen molar-refractivity contribution in [3.63, 3.8) is 0 Å². The lowest BCUT2D eigenvalue weighted by Crippen LogP contribution is -2.17. The highest BCUT2D eigenvalue weighted by molar-refractivity contribution is 7.99. The minimum atomic E-state index is -4.65.